The fraction of sp³-hybridized carbons (Fsp3) is 0. The molecular weight excluding hydrogens is 490 g/mol. The van der Waals surface area contributed by atoms with Gasteiger partial charge in [-0.2, -0.15) is 9.97 Å². The summed E-state index contributed by atoms with van der Waals surface area (Å²) in [6.07, 6.45) is 1.36. The van der Waals surface area contributed by atoms with E-state index < -0.39 is 11.6 Å². The number of benzene rings is 2. The lowest BCUT2D eigenvalue weighted by Crippen LogP contribution is -2.00. The molecule has 0 aliphatic heterocycles. The van der Waals surface area contributed by atoms with Crippen molar-refractivity contribution in [3.8, 4) is 11.5 Å². The first kappa shape index (κ1) is 19.7. The normalized spacial score (nSPS) is 13.4. The molecular formula is C20H6Cl4N2O3S. The lowest BCUT2D eigenvalue weighted by atomic mass is 10.1. The van der Waals surface area contributed by atoms with Gasteiger partial charge in [-0.05, 0) is 18.2 Å². The SMILES string of the molecule is O=C1C(=Cc2nc3oc(-c4ccccc4)nc3s2)C(=O)c2c(Cl)c(Cl)c(Cl)c(Cl)c21. The minimum Gasteiger partial charge on any atom is -0.417 e. The predicted molar refractivity (Wildman–Crippen MR) is 118 cm³/mol. The molecule has 148 valence electrons. The average Bonchev–Trinajstić information content (AvgIpc) is 3.38. The maximum absolute atomic E-state index is 12.8. The largest absolute Gasteiger partial charge is 0.417 e. The average molecular weight is 496 g/mol. The molecule has 0 unspecified atom stereocenters. The van der Waals surface area contributed by atoms with Crippen LogP contribution in [0.2, 0.25) is 20.1 Å². The number of hydrogen-bond donors (Lipinski definition) is 0. The Hall–Kier alpha value is -2.22. The Morgan fingerprint density at radius 1 is 0.833 bits per heavy atom. The number of fused-ring (bicyclic) bond motifs is 2. The summed E-state index contributed by atoms with van der Waals surface area (Å²) < 4.78 is 5.70. The fourth-order valence-electron chi connectivity index (χ4n) is 3.11. The third-order valence-corrected chi connectivity index (χ3v) is 7.17. The second kappa shape index (κ2) is 7.18. The van der Waals surface area contributed by atoms with Crippen molar-refractivity contribution in [2.75, 3.05) is 0 Å². The van der Waals surface area contributed by atoms with Crippen LogP contribution in [0.3, 0.4) is 0 Å². The van der Waals surface area contributed by atoms with Crippen LogP contribution in [-0.4, -0.2) is 21.5 Å². The van der Waals surface area contributed by atoms with Crippen LogP contribution in [0.15, 0.2) is 40.3 Å². The van der Waals surface area contributed by atoms with Crippen molar-refractivity contribution in [3.63, 3.8) is 0 Å². The minimum absolute atomic E-state index is 0.0583. The summed E-state index contributed by atoms with van der Waals surface area (Å²) >= 11 is 25.5. The molecule has 2 heterocycles. The van der Waals surface area contributed by atoms with Crippen molar-refractivity contribution in [1.82, 2.24) is 9.97 Å². The molecule has 0 radical (unpaired) electrons. The third-order valence-electron chi connectivity index (χ3n) is 4.49. The van der Waals surface area contributed by atoms with Gasteiger partial charge >= 0.3 is 0 Å². The first-order valence-electron chi connectivity index (χ1n) is 8.36. The molecule has 0 N–H and O–H groups in total. The van der Waals surface area contributed by atoms with Crippen LogP contribution in [0, 0.1) is 0 Å². The van der Waals surface area contributed by atoms with Gasteiger partial charge in [0.15, 0.2) is 16.4 Å². The van der Waals surface area contributed by atoms with E-state index in [1.165, 1.54) is 17.4 Å². The van der Waals surface area contributed by atoms with E-state index in [9.17, 15) is 9.59 Å². The zero-order chi connectivity index (χ0) is 21.2. The van der Waals surface area contributed by atoms with Crippen LogP contribution in [0.1, 0.15) is 25.7 Å². The van der Waals surface area contributed by atoms with Crippen molar-refractivity contribution in [1.29, 1.82) is 0 Å². The second-order valence-electron chi connectivity index (χ2n) is 6.27. The molecule has 1 aliphatic rings. The van der Waals surface area contributed by atoms with E-state index in [2.05, 4.69) is 9.97 Å². The first-order chi connectivity index (χ1) is 14.4. The molecule has 2 aromatic heterocycles. The number of aromatic nitrogens is 2. The summed E-state index contributed by atoms with van der Waals surface area (Å²) in [5, 5.41) is 0.0161. The smallest absolute Gasteiger partial charge is 0.259 e. The van der Waals surface area contributed by atoms with Gasteiger partial charge in [0.25, 0.3) is 5.71 Å². The molecule has 0 saturated heterocycles. The van der Waals surface area contributed by atoms with E-state index in [4.69, 9.17) is 50.8 Å². The lowest BCUT2D eigenvalue weighted by Gasteiger charge is -2.07. The number of halogens is 4. The highest BCUT2D eigenvalue weighted by atomic mass is 35.5. The molecule has 0 amide bonds. The standard InChI is InChI=1S/C20H6Cl4N2O3S/c21-12-10-11(13(22)15(24)14(12)23)17(28)8(16(10)27)6-9-25-19-20(30-9)26-18(29-19)7-4-2-1-3-5-7/h1-6H. The van der Waals surface area contributed by atoms with Crippen LogP contribution < -0.4 is 0 Å². The molecule has 10 heteroatoms. The van der Waals surface area contributed by atoms with Gasteiger partial charge in [-0.1, -0.05) is 75.9 Å². The lowest BCUT2D eigenvalue weighted by molar-refractivity contribution is 0.0990. The van der Waals surface area contributed by atoms with E-state index in [1.54, 1.807) is 0 Å². The Labute approximate surface area is 192 Å². The van der Waals surface area contributed by atoms with E-state index in [-0.39, 0.29) is 36.8 Å². The Bertz CT molecular complexity index is 1340. The molecule has 1 aliphatic carbocycles. The second-order valence-corrected chi connectivity index (χ2v) is 8.79. The van der Waals surface area contributed by atoms with Crippen molar-refractivity contribution in [3.05, 3.63) is 72.1 Å². The maximum atomic E-state index is 12.8. The summed E-state index contributed by atoms with van der Waals surface area (Å²) in [6, 6.07) is 9.38. The number of ketones is 2. The number of rotatable bonds is 2. The maximum Gasteiger partial charge on any atom is 0.259 e. The molecule has 0 atom stereocenters. The van der Waals surface area contributed by atoms with Gasteiger partial charge in [-0.3, -0.25) is 9.59 Å². The number of hydrogen-bond acceptors (Lipinski definition) is 6. The van der Waals surface area contributed by atoms with Gasteiger partial charge in [0.1, 0.15) is 5.01 Å². The summed E-state index contributed by atoms with van der Waals surface area (Å²) in [7, 11) is 0. The van der Waals surface area contributed by atoms with Gasteiger partial charge in [0.05, 0.1) is 36.8 Å². The third kappa shape index (κ3) is 2.91. The number of nitrogens with zero attached hydrogens (tertiary/aromatic N) is 2. The van der Waals surface area contributed by atoms with Crippen molar-refractivity contribution >= 4 is 85.9 Å². The fourth-order valence-corrected chi connectivity index (χ4v) is 4.94. The Kier molecular flexibility index (Phi) is 4.72. The molecule has 0 spiro atoms. The topological polar surface area (TPSA) is 73.1 Å². The van der Waals surface area contributed by atoms with Crippen LogP contribution in [-0.2, 0) is 0 Å². The van der Waals surface area contributed by atoms with Crippen LogP contribution in [0.4, 0.5) is 0 Å². The highest BCUT2D eigenvalue weighted by Gasteiger charge is 2.39. The van der Waals surface area contributed by atoms with Crippen LogP contribution >= 0.6 is 57.7 Å². The Balaban J connectivity index is 1.57. The van der Waals surface area contributed by atoms with Crippen LogP contribution in [0.25, 0.3) is 28.1 Å². The molecule has 0 fully saturated rings. The number of thiazole rings is 1. The summed E-state index contributed by atoms with van der Waals surface area (Å²) in [5.74, 6) is -0.748. The highest BCUT2D eigenvalue weighted by molar-refractivity contribution is 7.18. The monoisotopic (exact) mass is 494 g/mol. The summed E-state index contributed by atoms with van der Waals surface area (Å²) in [5.41, 5.74) is 0.876. The van der Waals surface area contributed by atoms with Gasteiger partial charge in [-0.25, -0.2) is 0 Å². The number of Topliss-reactive ketones (excluding diaryl/α,β-unsaturated/α-hetero) is 2. The van der Waals surface area contributed by atoms with E-state index in [0.29, 0.717) is 21.4 Å². The van der Waals surface area contributed by atoms with Gasteiger partial charge < -0.3 is 4.42 Å². The quantitative estimate of drug-likeness (QED) is 0.129. The molecule has 2 aromatic carbocycles. The molecule has 5 rings (SSSR count). The van der Waals surface area contributed by atoms with E-state index in [1.807, 2.05) is 30.3 Å². The molecule has 4 aromatic rings. The number of allylic oxidation sites excluding steroid dienone is 1. The van der Waals surface area contributed by atoms with Crippen molar-refractivity contribution < 1.29 is 14.0 Å². The van der Waals surface area contributed by atoms with Crippen molar-refractivity contribution in [2.45, 2.75) is 0 Å². The number of carbonyl (C=O) groups excluding carboxylic acids is 2. The Morgan fingerprint density at radius 3 is 2.00 bits per heavy atom. The molecule has 5 nitrogen and oxygen atoms in total. The minimum atomic E-state index is -0.592. The van der Waals surface area contributed by atoms with E-state index >= 15 is 0 Å². The van der Waals surface area contributed by atoms with Crippen LogP contribution in [0.5, 0.6) is 0 Å². The Morgan fingerprint density at radius 2 is 1.43 bits per heavy atom. The zero-order valence-electron chi connectivity index (χ0n) is 14.5. The van der Waals surface area contributed by atoms with Gasteiger partial charge in [0.2, 0.25) is 5.89 Å². The summed E-state index contributed by atoms with van der Waals surface area (Å²) in [4.78, 5) is 35.0. The zero-order valence-corrected chi connectivity index (χ0v) is 18.3. The molecule has 0 saturated carbocycles. The van der Waals surface area contributed by atoms with Gasteiger partial charge in [-0.15, -0.1) is 0 Å². The highest BCUT2D eigenvalue weighted by Crippen LogP contribution is 2.46. The molecule has 0 bridgehead atoms. The van der Waals surface area contributed by atoms with E-state index in [0.717, 1.165) is 5.56 Å². The predicted octanol–water partition coefficient (Wildman–Crippen LogP) is 7.03. The first-order valence-corrected chi connectivity index (χ1v) is 10.7. The molecule has 30 heavy (non-hydrogen) atoms. The number of oxazole rings is 1. The van der Waals surface area contributed by atoms with Gasteiger partial charge in [0, 0.05) is 5.56 Å². The summed E-state index contributed by atoms with van der Waals surface area (Å²) in [6.45, 7) is 0. The van der Waals surface area contributed by atoms with Crippen molar-refractivity contribution in [2.24, 2.45) is 0 Å². The number of carbonyl (C=O) groups is 2.